The highest BCUT2D eigenvalue weighted by molar-refractivity contribution is 5.36. The maximum atomic E-state index is 5.98. The molecule has 3 rings (SSSR count). The number of hydrogen-bond acceptors (Lipinski definition) is 2. The van der Waals surface area contributed by atoms with Gasteiger partial charge in [0, 0.05) is 6.54 Å². The summed E-state index contributed by atoms with van der Waals surface area (Å²) in [7, 11) is 0. The Kier molecular flexibility index (Phi) is 4.56. The van der Waals surface area contributed by atoms with Crippen molar-refractivity contribution in [3.05, 3.63) is 65.2 Å². The predicted octanol–water partition coefficient (Wildman–Crippen LogP) is 4.04. The second-order valence-corrected chi connectivity index (χ2v) is 5.90. The molecule has 0 radical (unpaired) electrons. The van der Waals surface area contributed by atoms with E-state index in [4.69, 9.17) is 4.74 Å². The maximum absolute atomic E-state index is 5.98. The van der Waals surface area contributed by atoms with Crippen LogP contribution in [0.4, 0.5) is 0 Å². The first-order valence-electron chi connectivity index (χ1n) is 7.80. The van der Waals surface area contributed by atoms with Crippen molar-refractivity contribution in [1.29, 1.82) is 0 Å². The number of hydrogen-bond donors (Lipinski definition) is 1. The SMILES string of the molecule is Cc1cc(OCc2ccccc2)cc(C2CCCNC2)c1. The zero-order chi connectivity index (χ0) is 14.5. The van der Waals surface area contributed by atoms with E-state index >= 15 is 0 Å². The van der Waals surface area contributed by atoms with Crippen molar-refractivity contribution in [2.75, 3.05) is 13.1 Å². The average molecular weight is 281 g/mol. The molecule has 1 atom stereocenters. The Balaban J connectivity index is 1.71. The van der Waals surface area contributed by atoms with Crippen LogP contribution in [0.15, 0.2) is 48.5 Å². The van der Waals surface area contributed by atoms with Crippen molar-refractivity contribution < 1.29 is 4.74 Å². The fourth-order valence-corrected chi connectivity index (χ4v) is 2.97. The molecule has 0 saturated carbocycles. The van der Waals surface area contributed by atoms with Crippen molar-refractivity contribution >= 4 is 0 Å². The molecule has 1 aliphatic heterocycles. The summed E-state index contributed by atoms with van der Waals surface area (Å²) in [4.78, 5) is 0. The van der Waals surface area contributed by atoms with Crippen LogP contribution >= 0.6 is 0 Å². The Morgan fingerprint density at radius 3 is 2.76 bits per heavy atom. The number of ether oxygens (including phenoxy) is 1. The topological polar surface area (TPSA) is 21.3 Å². The summed E-state index contributed by atoms with van der Waals surface area (Å²) in [5.74, 6) is 1.61. The molecule has 2 aromatic rings. The Morgan fingerprint density at radius 1 is 1.14 bits per heavy atom. The molecule has 0 spiro atoms. The van der Waals surface area contributed by atoms with Gasteiger partial charge in [0.15, 0.2) is 0 Å². The molecule has 1 aliphatic rings. The summed E-state index contributed by atoms with van der Waals surface area (Å²) in [5, 5.41) is 3.49. The number of piperidine rings is 1. The zero-order valence-corrected chi connectivity index (χ0v) is 12.6. The van der Waals surface area contributed by atoms with E-state index in [-0.39, 0.29) is 0 Å². The molecule has 1 unspecified atom stereocenters. The van der Waals surface area contributed by atoms with Crippen molar-refractivity contribution in [3.8, 4) is 5.75 Å². The van der Waals surface area contributed by atoms with Crippen LogP contribution in [0.2, 0.25) is 0 Å². The van der Waals surface area contributed by atoms with Crippen molar-refractivity contribution in [3.63, 3.8) is 0 Å². The van der Waals surface area contributed by atoms with Crippen LogP contribution in [0.1, 0.15) is 35.4 Å². The highest BCUT2D eigenvalue weighted by Crippen LogP contribution is 2.28. The lowest BCUT2D eigenvalue weighted by atomic mass is 9.90. The molecule has 2 nitrogen and oxygen atoms in total. The first kappa shape index (κ1) is 14.2. The van der Waals surface area contributed by atoms with E-state index < -0.39 is 0 Å². The molecule has 2 aromatic carbocycles. The summed E-state index contributed by atoms with van der Waals surface area (Å²) >= 11 is 0. The minimum absolute atomic E-state index is 0.623. The van der Waals surface area contributed by atoms with Gasteiger partial charge in [-0.2, -0.15) is 0 Å². The molecule has 110 valence electrons. The molecule has 1 saturated heterocycles. The molecule has 0 aliphatic carbocycles. The lowest BCUT2D eigenvalue weighted by Crippen LogP contribution is -2.28. The van der Waals surface area contributed by atoms with Gasteiger partial charge in [-0.05, 0) is 61.1 Å². The van der Waals surface area contributed by atoms with E-state index in [1.807, 2.05) is 18.2 Å². The molecule has 1 N–H and O–H groups in total. The summed E-state index contributed by atoms with van der Waals surface area (Å²) in [5.41, 5.74) is 3.89. The van der Waals surface area contributed by atoms with Gasteiger partial charge < -0.3 is 10.1 Å². The van der Waals surface area contributed by atoms with Gasteiger partial charge in [-0.1, -0.05) is 36.4 Å². The lowest BCUT2D eigenvalue weighted by molar-refractivity contribution is 0.305. The van der Waals surface area contributed by atoms with Gasteiger partial charge >= 0.3 is 0 Å². The molecule has 0 bridgehead atoms. The van der Waals surface area contributed by atoms with Crippen LogP contribution < -0.4 is 10.1 Å². The largest absolute Gasteiger partial charge is 0.489 e. The Hall–Kier alpha value is -1.80. The normalized spacial score (nSPS) is 18.4. The van der Waals surface area contributed by atoms with Crippen molar-refractivity contribution in [2.24, 2.45) is 0 Å². The molecular formula is C19H23NO. The van der Waals surface area contributed by atoms with Gasteiger partial charge in [0.1, 0.15) is 12.4 Å². The van der Waals surface area contributed by atoms with E-state index in [0.717, 1.165) is 18.8 Å². The second kappa shape index (κ2) is 6.77. The fraction of sp³-hybridized carbons (Fsp3) is 0.368. The van der Waals surface area contributed by atoms with Crippen LogP contribution in [-0.4, -0.2) is 13.1 Å². The maximum Gasteiger partial charge on any atom is 0.120 e. The molecular weight excluding hydrogens is 258 g/mol. The Morgan fingerprint density at radius 2 is 2.00 bits per heavy atom. The second-order valence-electron chi connectivity index (χ2n) is 5.90. The highest BCUT2D eigenvalue weighted by atomic mass is 16.5. The standard InChI is InChI=1S/C19H23NO/c1-15-10-18(17-8-5-9-20-13-17)12-19(11-15)21-14-16-6-3-2-4-7-16/h2-4,6-7,10-12,17,20H,5,8-9,13-14H2,1H3. The first-order valence-corrected chi connectivity index (χ1v) is 7.80. The van der Waals surface area contributed by atoms with Crippen LogP contribution in [0, 0.1) is 6.92 Å². The third-order valence-electron chi connectivity index (χ3n) is 4.09. The lowest BCUT2D eigenvalue weighted by Gasteiger charge is -2.24. The Labute approximate surface area is 127 Å². The van der Waals surface area contributed by atoms with E-state index in [1.165, 1.54) is 29.5 Å². The number of benzene rings is 2. The minimum atomic E-state index is 0.623. The minimum Gasteiger partial charge on any atom is -0.489 e. The van der Waals surface area contributed by atoms with Gasteiger partial charge in [0.05, 0.1) is 0 Å². The zero-order valence-electron chi connectivity index (χ0n) is 12.6. The number of aryl methyl sites for hydroxylation is 1. The summed E-state index contributed by atoms with van der Waals surface area (Å²) in [6, 6.07) is 17.0. The Bertz CT molecular complexity index is 573. The van der Waals surface area contributed by atoms with E-state index in [1.54, 1.807) is 0 Å². The van der Waals surface area contributed by atoms with E-state index in [0.29, 0.717) is 12.5 Å². The summed E-state index contributed by atoms with van der Waals surface area (Å²) in [6.45, 7) is 5.02. The van der Waals surface area contributed by atoms with Gasteiger partial charge in [-0.25, -0.2) is 0 Å². The van der Waals surface area contributed by atoms with Gasteiger partial charge in [-0.3, -0.25) is 0 Å². The smallest absolute Gasteiger partial charge is 0.120 e. The molecule has 0 amide bonds. The molecule has 0 aromatic heterocycles. The highest BCUT2D eigenvalue weighted by Gasteiger charge is 2.16. The van der Waals surface area contributed by atoms with E-state index in [2.05, 4.69) is 42.6 Å². The van der Waals surface area contributed by atoms with Gasteiger partial charge in [0.25, 0.3) is 0 Å². The quantitative estimate of drug-likeness (QED) is 0.913. The monoisotopic (exact) mass is 281 g/mol. The van der Waals surface area contributed by atoms with Crippen LogP contribution in [0.5, 0.6) is 5.75 Å². The third-order valence-corrected chi connectivity index (χ3v) is 4.09. The third kappa shape index (κ3) is 3.85. The molecule has 21 heavy (non-hydrogen) atoms. The van der Waals surface area contributed by atoms with Crippen LogP contribution in [0.3, 0.4) is 0 Å². The van der Waals surface area contributed by atoms with Gasteiger partial charge in [-0.15, -0.1) is 0 Å². The first-order chi connectivity index (χ1) is 10.3. The van der Waals surface area contributed by atoms with E-state index in [9.17, 15) is 0 Å². The van der Waals surface area contributed by atoms with Crippen molar-refractivity contribution in [2.45, 2.75) is 32.3 Å². The predicted molar refractivity (Wildman–Crippen MR) is 86.8 cm³/mol. The summed E-state index contributed by atoms with van der Waals surface area (Å²) < 4.78 is 5.98. The molecule has 1 heterocycles. The number of rotatable bonds is 4. The van der Waals surface area contributed by atoms with Crippen LogP contribution in [0.25, 0.3) is 0 Å². The van der Waals surface area contributed by atoms with Gasteiger partial charge in [0.2, 0.25) is 0 Å². The average Bonchev–Trinajstić information content (AvgIpc) is 2.54. The van der Waals surface area contributed by atoms with Crippen LogP contribution in [-0.2, 0) is 6.61 Å². The summed E-state index contributed by atoms with van der Waals surface area (Å²) in [6.07, 6.45) is 2.54. The number of nitrogens with one attached hydrogen (secondary N) is 1. The molecule has 1 fully saturated rings. The van der Waals surface area contributed by atoms with Crippen molar-refractivity contribution in [1.82, 2.24) is 5.32 Å². The molecule has 2 heteroatoms. The fourth-order valence-electron chi connectivity index (χ4n) is 2.97.